The fraction of sp³-hybridized carbons (Fsp3) is 0.900. The average molecular weight is 183 g/mol. The van der Waals surface area contributed by atoms with E-state index in [0.717, 1.165) is 24.5 Å². The zero-order valence-corrected chi connectivity index (χ0v) is 8.78. The van der Waals surface area contributed by atoms with Gasteiger partial charge in [0.1, 0.15) is 4.75 Å². The van der Waals surface area contributed by atoms with Crippen LogP contribution >= 0.6 is 11.8 Å². The summed E-state index contributed by atoms with van der Waals surface area (Å²) in [6.45, 7) is 4.39. The maximum absolute atomic E-state index is 9.01. The van der Waals surface area contributed by atoms with Crippen LogP contribution in [0, 0.1) is 17.2 Å². The van der Waals surface area contributed by atoms with E-state index in [0.29, 0.717) is 0 Å². The molecule has 0 aliphatic heterocycles. The Morgan fingerprint density at radius 1 is 1.50 bits per heavy atom. The lowest BCUT2D eigenvalue weighted by Gasteiger charge is -2.41. The molecule has 0 spiro atoms. The maximum Gasteiger partial charge on any atom is 0.103 e. The number of rotatable bonds is 4. The highest BCUT2D eigenvalue weighted by atomic mass is 32.2. The minimum Gasteiger partial charge on any atom is -0.197 e. The van der Waals surface area contributed by atoms with E-state index in [1.54, 1.807) is 0 Å². The van der Waals surface area contributed by atoms with E-state index in [-0.39, 0.29) is 4.75 Å². The van der Waals surface area contributed by atoms with Crippen molar-refractivity contribution in [1.29, 1.82) is 5.26 Å². The van der Waals surface area contributed by atoms with E-state index in [4.69, 9.17) is 5.26 Å². The lowest BCUT2D eigenvalue weighted by atomic mass is 9.73. The van der Waals surface area contributed by atoms with E-state index in [2.05, 4.69) is 19.9 Å². The third-order valence-electron chi connectivity index (χ3n) is 2.60. The van der Waals surface area contributed by atoms with Crippen LogP contribution in [0.5, 0.6) is 0 Å². The summed E-state index contributed by atoms with van der Waals surface area (Å²) in [5.74, 6) is 1.97. The standard InChI is InChI=1S/C10H17NS/c1-3-5-12-10(8-11)6-9(4-2)7-10/h9H,3-7H2,1-2H3. The van der Waals surface area contributed by atoms with Crippen LogP contribution in [0.1, 0.15) is 39.5 Å². The molecule has 0 radical (unpaired) electrons. The highest BCUT2D eigenvalue weighted by Gasteiger charge is 2.43. The van der Waals surface area contributed by atoms with Gasteiger partial charge in [-0.2, -0.15) is 5.26 Å². The molecule has 1 rings (SSSR count). The van der Waals surface area contributed by atoms with Crippen LogP contribution in [0.25, 0.3) is 0 Å². The lowest BCUT2D eigenvalue weighted by molar-refractivity contribution is 0.269. The molecule has 1 saturated carbocycles. The van der Waals surface area contributed by atoms with Crippen LogP contribution in [-0.2, 0) is 0 Å². The summed E-state index contributed by atoms with van der Waals surface area (Å²) in [5.41, 5.74) is 0. The van der Waals surface area contributed by atoms with Crippen molar-refractivity contribution in [1.82, 2.24) is 0 Å². The summed E-state index contributed by atoms with van der Waals surface area (Å²) in [4.78, 5) is 0. The largest absolute Gasteiger partial charge is 0.197 e. The van der Waals surface area contributed by atoms with Crippen molar-refractivity contribution in [2.45, 2.75) is 44.3 Å². The fourth-order valence-electron chi connectivity index (χ4n) is 1.70. The first-order valence-electron chi connectivity index (χ1n) is 4.81. The molecule has 0 aromatic rings. The molecule has 2 heteroatoms. The van der Waals surface area contributed by atoms with Gasteiger partial charge in [0.15, 0.2) is 0 Å². The van der Waals surface area contributed by atoms with E-state index < -0.39 is 0 Å². The summed E-state index contributed by atoms with van der Waals surface area (Å²) in [6.07, 6.45) is 4.69. The summed E-state index contributed by atoms with van der Waals surface area (Å²) in [5, 5.41) is 9.01. The molecular formula is C10H17NS. The molecule has 1 fully saturated rings. The van der Waals surface area contributed by atoms with E-state index in [9.17, 15) is 0 Å². The van der Waals surface area contributed by atoms with Gasteiger partial charge in [-0.3, -0.25) is 0 Å². The van der Waals surface area contributed by atoms with Crippen molar-refractivity contribution in [3.8, 4) is 6.07 Å². The zero-order chi connectivity index (χ0) is 9.03. The minimum atomic E-state index is 0.0106. The molecule has 1 aliphatic rings. The summed E-state index contributed by atoms with van der Waals surface area (Å²) in [7, 11) is 0. The Kier molecular flexibility index (Phi) is 3.46. The maximum atomic E-state index is 9.01. The third kappa shape index (κ3) is 1.95. The van der Waals surface area contributed by atoms with Crippen molar-refractivity contribution in [2.75, 3.05) is 5.75 Å². The number of hydrogen-bond donors (Lipinski definition) is 0. The van der Waals surface area contributed by atoms with Crippen LogP contribution in [0.2, 0.25) is 0 Å². The lowest BCUT2D eigenvalue weighted by Crippen LogP contribution is -2.39. The molecule has 68 valence electrons. The molecule has 0 N–H and O–H groups in total. The second kappa shape index (κ2) is 4.18. The molecule has 0 bridgehead atoms. The van der Waals surface area contributed by atoms with Crippen molar-refractivity contribution in [3.63, 3.8) is 0 Å². The van der Waals surface area contributed by atoms with Gasteiger partial charge in [0, 0.05) is 0 Å². The molecule has 0 aromatic carbocycles. The first-order chi connectivity index (χ1) is 5.76. The van der Waals surface area contributed by atoms with E-state index in [1.807, 2.05) is 11.8 Å². The Morgan fingerprint density at radius 3 is 2.58 bits per heavy atom. The Balaban J connectivity index is 2.32. The van der Waals surface area contributed by atoms with E-state index in [1.165, 1.54) is 12.8 Å². The predicted molar refractivity (Wildman–Crippen MR) is 54.1 cm³/mol. The molecule has 1 aliphatic carbocycles. The monoisotopic (exact) mass is 183 g/mol. The quantitative estimate of drug-likeness (QED) is 0.668. The van der Waals surface area contributed by atoms with Crippen LogP contribution < -0.4 is 0 Å². The predicted octanol–water partition coefficient (Wildman–Crippen LogP) is 3.21. The Hall–Kier alpha value is -0.160. The topological polar surface area (TPSA) is 23.8 Å². The Labute approximate surface area is 79.5 Å². The number of thioether (sulfide) groups is 1. The second-order valence-corrected chi connectivity index (χ2v) is 5.12. The minimum absolute atomic E-state index is 0.0106. The van der Waals surface area contributed by atoms with E-state index >= 15 is 0 Å². The Morgan fingerprint density at radius 2 is 2.17 bits per heavy atom. The average Bonchev–Trinajstić information content (AvgIpc) is 2.04. The molecule has 0 saturated heterocycles. The van der Waals surface area contributed by atoms with Gasteiger partial charge in [-0.1, -0.05) is 20.3 Å². The number of nitriles is 1. The van der Waals surface area contributed by atoms with Gasteiger partial charge in [-0.25, -0.2) is 0 Å². The molecule has 0 heterocycles. The van der Waals surface area contributed by atoms with Gasteiger partial charge < -0.3 is 0 Å². The van der Waals surface area contributed by atoms with Gasteiger partial charge in [-0.15, -0.1) is 11.8 Å². The fourth-order valence-corrected chi connectivity index (χ4v) is 3.07. The van der Waals surface area contributed by atoms with Crippen molar-refractivity contribution >= 4 is 11.8 Å². The molecule has 1 nitrogen and oxygen atoms in total. The van der Waals surface area contributed by atoms with Gasteiger partial charge in [0.25, 0.3) is 0 Å². The smallest absolute Gasteiger partial charge is 0.103 e. The normalized spacial score (nSPS) is 33.9. The van der Waals surface area contributed by atoms with Gasteiger partial charge in [-0.05, 0) is 30.9 Å². The molecule has 0 unspecified atom stereocenters. The SMILES string of the molecule is CCCSC1(C#N)CC(CC)C1. The second-order valence-electron chi connectivity index (χ2n) is 3.64. The van der Waals surface area contributed by atoms with Gasteiger partial charge >= 0.3 is 0 Å². The first kappa shape index (κ1) is 9.92. The van der Waals surface area contributed by atoms with Gasteiger partial charge in [0.05, 0.1) is 6.07 Å². The van der Waals surface area contributed by atoms with Crippen LogP contribution in [-0.4, -0.2) is 10.5 Å². The van der Waals surface area contributed by atoms with Crippen molar-refractivity contribution < 1.29 is 0 Å². The molecule has 12 heavy (non-hydrogen) atoms. The summed E-state index contributed by atoms with van der Waals surface area (Å²) < 4.78 is 0.0106. The molecule has 0 aromatic heterocycles. The number of nitrogens with zero attached hydrogens (tertiary/aromatic N) is 1. The highest BCUT2D eigenvalue weighted by molar-refractivity contribution is 8.00. The summed E-state index contributed by atoms with van der Waals surface area (Å²) >= 11 is 1.87. The Bertz CT molecular complexity index is 171. The van der Waals surface area contributed by atoms with Crippen molar-refractivity contribution in [3.05, 3.63) is 0 Å². The van der Waals surface area contributed by atoms with Gasteiger partial charge in [0.2, 0.25) is 0 Å². The van der Waals surface area contributed by atoms with Crippen LogP contribution in [0.15, 0.2) is 0 Å². The number of hydrogen-bond acceptors (Lipinski definition) is 2. The molecule has 0 atom stereocenters. The summed E-state index contributed by atoms with van der Waals surface area (Å²) in [6, 6.07) is 2.48. The van der Waals surface area contributed by atoms with Crippen molar-refractivity contribution in [2.24, 2.45) is 5.92 Å². The highest BCUT2D eigenvalue weighted by Crippen LogP contribution is 2.48. The third-order valence-corrected chi connectivity index (χ3v) is 4.19. The molecular weight excluding hydrogens is 166 g/mol. The first-order valence-corrected chi connectivity index (χ1v) is 5.80. The zero-order valence-electron chi connectivity index (χ0n) is 7.97. The molecule has 0 amide bonds. The van der Waals surface area contributed by atoms with Crippen LogP contribution in [0.4, 0.5) is 0 Å². The van der Waals surface area contributed by atoms with Crippen LogP contribution in [0.3, 0.4) is 0 Å².